The van der Waals surface area contributed by atoms with E-state index in [1.807, 2.05) is 6.92 Å². The Bertz CT molecular complexity index is 378. The Hall–Kier alpha value is -1.31. The zero-order chi connectivity index (χ0) is 11.5. The zero-order valence-corrected chi connectivity index (χ0v) is 9.90. The van der Waals surface area contributed by atoms with Crippen LogP contribution in [-0.4, -0.2) is 12.6 Å². The lowest BCUT2D eigenvalue weighted by Crippen LogP contribution is -2.30. The highest BCUT2D eigenvalue weighted by molar-refractivity contribution is 5.73. The van der Waals surface area contributed by atoms with Crippen molar-refractivity contribution in [1.29, 1.82) is 0 Å². The van der Waals surface area contributed by atoms with Gasteiger partial charge in [0.2, 0.25) is 0 Å². The molecular weight excluding hydrogens is 200 g/mol. The molecule has 0 aromatic heterocycles. The van der Waals surface area contributed by atoms with E-state index in [0.717, 1.165) is 12.8 Å². The Morgan fingerprint density at radius 2 is 2.19 bits per heavy atom. The van der Waals surface area contributed by atoms with E-state index in [0.29, 0.717) is 12.5 Å². The van der Waals surface area contributed by atoms with Gasteiger partial charge in [0.25, 0.3) is 0 Å². The van der Waals surface area contributed by atoms with E-state index in [1.165, 1.54) is 11.1 Å². The van der Waals surface area contributed by atoms with Gasteiger partial charge in [-0.15, -0.1) is 0 Å². The van der Waals surface area contributed by atoms with Crippen LogP contribution in [0.3, 0.4) is 0 Å². The van der Waals surface area contributed by atoms with Gasteiger partial charge >= 0.3 is 5.97 Å². The second-order valence-corrected chi connectivity index (χ2v) is 4.53. The van der Waals surface area contributed by atoms with Crippen LogP contribution in [0.5, 0.6) is 0 Å². The number of hydrogen-bond acceptors (Lipinski definition) is 2. The van der Waals surface area contributed by atoms with Crippen LogP contribution in [0, 0.1) is 12.8 Å². The number of carbonyl (C=O) groups excluding carboxylic acids is 1. The van der Waals surface area contributed by atoms with E-state index >= 15 is 0 Å². The molecule has 1 saturated carbocycles. The van der Waals surface area contributed by atoms with E-state index in [1.54, 1.807) is 0 Å². The maximum atomic E-state index is 11.4. The van der Waals surface area contributed by atoms with Crippen molar-refractivity contribution < 1.29 is 9.53 Å². The topological polar surface area (TPSA) is 26.3 Å². The maximum absolute atomic E-state index is 11.4. The average Bonchev–Trinajstić information content (AvgIpc) is 2.15. The minimum absolute atomic E-state index is 0.0218. The molecule has 0 bridgehead atoms. The fourth-order valence-electron chi connectivity index (χ4n) is 2.27. The largest absolute Gasteiger partial charge is 0.466 e. The Labute approximate surface area is 96.6 Å². The highest BCUT2D eigenvalue weighted by atomic mass is 16.5. The first-order valence-electron chi connectivity index (χ1n) is 5.94. The minimum atomic E-state index is -0.0218. The van der Waals surface area contributed by atoms with Gasteiger partial charge < -0.3 is 4.74 Å². The molecule has 1 aliphatic carbocycles. The van der Waals surface area contributed by atoms with Crippen LogP contribution >= 0.6 is 0 Å². The Morgan fingerprint density at radius 3 is 2.81 bits per heavy atom. The fraction of sp³-hybridized carbons (Fsp3) is 0.500. The van der Waals surface area contributed by atoms with Gasteiger partial charge in [0.05, 0.1) is 12.5 Å². The van der Waals surface area contributed by atoms with Crippen LogP contribution in [0.2, 0.25) is 0 Å². The summed E-state index contributed by atoms with van der Waals surface area (Å²) >= 11 is 0. The van der Waals surface area contributed by atoms with E-state index in [4.69, 9.17) is 4.74 Å². The molecule has 0 radical (unpaired) electrons. The van der Waals surface area contributed by atoms with Gasteiger partial charge in [-0.25, -0.2) is 0 Å². The molecule has 2 nitrogen and oxygen atoms in total. The number of benzene rings is 1. The summed E-state index contributed by atoms with van der Waals surface area (Å²) in [6.45, 7) is 4.45. The third-order valence-corrected chi connectivity index (χ3v) is 3.27. The third kappa shape index (κ3) is 2.26. The molecule has 0 atom stereocenters. The second kappa shape index (κ2) is 4.69. The van der Waals surface area contributed by atoms with Crippen molar-refractivity contribution in [3.8, 4) is 0 Å². The normalized spacial score (nSPS) is 23.6. The van der Waals surface area contributed by atoms with Crippen molar-refractivity contribution in [1.82, 2.24) is 0 Å². The number of carbonyl (C=O) groups is 1. The van der Waals surface area contributed by atoms with Gasteiger partial charge in [0.15, 0.2) is 0 Å². The highest BCUT2D eigenvalue weighted by Gasteiger charge is 2.36. The molecule has 0 aliphatic heterocycles. The van der Waals surface area contributed by atoms with Gasteiger partial charge in [-0.2, -0.15) is 0 Å². The number of aryl methyl sites for hydroxylation is 1. The summed E-state index contributed by atoms with van der Waals surface area (Å²) in [7, 11) is 0. The monoisotopic (exact) mass is 218 g/mol. The van der Waals surface area contributed by atoms with Crippen molar-refractivity contribution >= 4 is 5.97 Å². The molecule has 1 aliphatic rings. The standard InChI is InChI=1S/C14H18O2/c1-3-16-14(15)13-8-12(9-13)11-6-4-5-10(2)7-11/h4-7,12-13H,3,8-9H2,1-2H3/t12-,13+. The smallest absolute Gasteiger partial charge is 0.308 e. The maximum Gasteiger partial charge on any atom is 0.308 e. The molecule has 0 amide bonds. The van der Waals surface area contributed by atoms with Crippen LogP contribution in [0.25, 0.3) is 0 Å². The summed E-state index contributed by atoms with van der Waals surface area (Å²) in [4.78, 5) is 11.4. The van der Waals surface area contributed by atoms with E-state index in [2.05, 4.69) is 31.2 Å². The van der Waals surface area contributed by atoms with Crippen molar-refractivity contribution in [3.63, 3.8) is 0 Å². The minimum Gasteiger partial charge on any atom is -0.466 e. The molecular formula is C14H18O2. The van der Waals surface area contributed by atoms with Crippen LogP contribution in [0.15, 0.2) is 24.3 Å². The molecule has 0 heterocycles. The molecule has 2 rings (SSSR count). The van der Waals surface area contributed by atoms with Gasteiger partial charge in [-0.1, -0.05) is 29.8 Å². The molecule has 0 unspecified atom stereocenters. The first kappa shape index (κ1) is 11.2. The predicted octanol–water partition coefficient (Wildman–Crippen LogP) is 3.05. The summed E-state index contributed by atoms with van der Waals surface area (Å²) in [5, 5.41) is 0. The van der Waals surface area contributed by atoms with Gasteiger partial charge in [0.1, 0.15) is 0 Å². The molecule has 0 spiro atoms. The van der Waals surface area contributed by atoms with E-state index < -0.39 is 0 Å². The number of ether oxygens (including phenoxy) is 1. The molecule has 1 aromatic rings. The molecule has 0 saturated heterocycles. The predicted molar refractivity (Wildman–Crippen MR) is 63.3 cm³/mol. The van der Waals surface area contributed by atoms with Crippen molar-refractivity contribution in [3.05, 3.63) is 35.4 Å². The molecule has 16 heavy (non-hydrogen) atoms. The summed E-state index contributed by atoms with van der Waals surface area (Å²) in [6, 6.07) is 8.55. The molecule has 1 fully saturated rings. The summed E-state index contributed by atoms with van der Waals surface area (Å²) in [6.07, 6.45) is 1.89. The number of hydrogen-bond donors (Lipinski definition) is 0. The number of rotatable bonds is 3. The first-order valence-corrected chi connectivity index (χ1v) is 5.94. The van der Waals surface area contributed by atoms with Crippen molar-refractivity contribution in [2.24, 2.45) is 5.92 Å². The second-order valence-electron chi connectivity index (χ2n) is 4.53. The molecule has 1 aromatic carbocycles. The van der Waals surface area contributed by atoms with Crippen LogP contribution in [0.4, 0.5) is 0 Å². The molecule has 0 N–H and O–H groups in total. The lowest BCUT2D eigenvalue weighted by atomic mass is 9.71. The van der Waals surface area contributed by atoms with Gasteiger partial charge in [0, 0.05) is 0 Å². The molecule has 86 valence electrons. The lowest BCUT2D eigenvalue weighted by molar-refractivity contribution is -0.151. The summed E-state index contributed by atoms with van der Waals surface area (Å²) < 4.78 is 5.01. The van der Waals surface area contributed by atoms with Crippen molar-refractivity contribution in [2.45, 2.75) is 32.6 Å². The molecule has 2 heteroatoms. The zero-order valence-electron chi connectivity index (χ0n) is 9.90. The highest BCUT2D eigenvalue weighted by Crippen LogP contribution is 2.42. The van der Waals surface area contributed by atoms with Crippen LogP contribution in [0.1, 0.15) is 36.8 Å². The van der Waals surface area contributed by atoms with Crippen LogP contribution in [-0.2, 0) is 9.53 Å². The SMILES string of the molecule is CCOC(=O)[C@H]1C[C@@H](c2cccc(C)c2)C1. The Kier molecular flexibility index (Phi) is 3.28. The van der Waals surface area contributed by atoms with Crippen molar-refractivity contribution in [2.75, 3.05) is 6.61 Å². The Balaban J connectivity index is 1.91. The van der Waals surface area contributed by atoms with Crippen LogP contribution < -0.4 is 0 Å². The van der Waals surface area contributed by atoms with E-state index in [-0.39, 0.29) is 11.9 Å². The average molecular weight is 218 g/mol. The first-order chi connectivity index (χ1) is 7.70. The third-order valence-electron chi connectivity index (χ3n) is 3.27. The van der Waals surface area contributed by atoms with Gasteiger partial charge in [-0.05, 0) is 38.2 Å². The van der Waals surface area contributed by atoms with Gasteiger partial charge in [-0.3, -0.25) is 4.79 Å². The Morgan fingerprint density at radius 1 is 1.44 bits per heavy atom. The lowest BCUT2D eigenvalue weighted by Gasteiger charge is -2.33. The summed E-state index contributed by atoms with van der Waals surface area (Å²) in [5.41, 5.74) is 2.65. The number of esters is 1. The van der Waals surface area contributed by atoms with E-state index in [9.17, 15) is 4.79 Å². The fourth-order valence-corrected chi connectivity index (χ4v) is 2.27. The quantitative estimate of drug-likeness (QED) is 0.729. The summed E-state index contributed by atoms with van der Waals surface area (Å²) in [5.74, 6) is 0.658.